The van der Waals surface area contributed by atoms with Crippen molar-refractivity contribution in [3.8, 4) is 11.5 Å². The summed E-state index contributed by atoms with van der Waals surface area (Å²) in [5.74, 6) is 0.584. The fourth-order valence-electron chi connectivity index (χ4n) is 3.79. The molecule has 1 saturated carbocycles. The van der Waals surface area contributed by atoms with Crippen LogP contribution in [-0.4, -0.2) is 34.6 Å². The van der Waals surface area contributed by atoms with Gasteiger partial charge in [-0.3, -0.25) is 4.79 Å². The van der Waals surface area contributed by atoms with Crippen LogP contribution in [0, 0.1) is 0 Å². The quantitative estimate of drug-likeness (QED) is 0.643. The van der Waals surface area contributed by atoms with Crippen molar-refractivity contribution in [2.24, 2.45) is 0 Å². The molecule has 8 heteroatoms. The summed E-state index contributed by atoms with van der Waals surface area (Å²) < 4.78 is 39.3. The van der Waals surface area contributed by atoms with E-state index in [1.807, 2.05) is 31.2 Å². The molecule has 1 unspecified atom stereocenters. The third-order valence-electron chi connectivity index (χ3n) is 5.61. The third-order valence-corrected chi connectivity index (χ3v) is 7.15. The summed E-state index contributed by atoms with van der Waals surface area (Å²) in [6.45, 7) is 1.87. The average molecular weight is 447 g/mol. The van der Waals surface area contributed by atoms with Gasteiger partial charge in [-0.2, -0.15) is 0 Å². The molecule has 1 amide bonds. The Hall–Kier alpha value is -2.58. The molecule has 3 rings (SSSR count). The summed E-state index contributed by atoms with van der Waals surface area (Å²) in [5.41, 5.74) is 1.17. The van der Waals surface area contributed by atoms with E-state index in [4.69, 9.17) is 9.47 Å². The number of carbonyl (C=O) groups excluding carboxylic acids is 1. The van der Waals surface area contributed by atoms with Crippen molar-refractivity contribution < 1.29 is 22.7 Å². The number of hydrogen-bond donors (Lipinski definition) is 2. The van der Waals surface area contributed by atoms with E-state index in [1.165, 1.54) is 19.2 Å². The van der Waals surface area contributed by atoms with Crippen LogP contribution in [0.3, 0.4) is 0 Å². The summed E-state index contributed by atoms with van der Waals surface area (Å²) in [4.78, 5) is 12.8. The zero-order chi connectivity index (χ0) is 22.4. The lowest BCUT2D eigenvalue weighted by molar-refractivity contribution is 0.0939. The Bertz CT molecular complexity index is 999. The molecule has 7 nitrogen and oxygen atoms in total. The number of sulfonamides is 1. The van der Waals surface area contributed by atoms with Crippen LogP contribution in [0.5, 0.6) is 11.5 Å². The number of ether oxygens (including phenoxy) is 2. The molecule has 0 heterocycles. The highest BCUT2D eigenvalue weighted by molar-refractivity contribution is 7.89. The van der Waals surface area contributed by atoms with Gasteiger partial charge in [0, 0.05) is 11.6 Å². The van der Waals surface area contributed by atoms with Crippen LogP contribution in [0.1, 0.15) is 61.0 Å². The first-order valence-corrected chi connectivity index (χ1v) is 12.0. The Morgan fingerprint density at radius 1 is 1.00 bits per heavy atom. The van der Waals surface area contributed by atoms with Gasteiger partial charge in [0.25, 0.3) is 5.91 Å². The van der Waals surface area contributed by atoms with Crippen molar-refractivity contribution in [3.63, 3.8) is 0 Å². The third kappa shape index (κ3) is 5.77. The zero-order valence-corrected chi connectivity index (χ0v) is 19.0. The number of carbonyl (C=O) groups is 1. The Morgan fingerprint density at radius 2 is 1.68 bits per heavy atom. The van der Waals surface area contributed by atoms with Gasteiger partial charge in [0.1, 0.15) is 16.4 Å². The number of rotatable bonds is 8. The number of methoxy groups -OCH3 is 2. The molecule has 0 radical (unpaired) electrons. The van der Waals surface area contributed by atoms with Crippen molar-refractivity contribution in [2.75, 3.05) is 14.2 Å². The first-order valence-electron chi connectivity index (χ1n) is 10.5. The van der Waals surface area contributed by atoms with Gasteiger partial charge in [-0.15, -0.1) is 0 Å². The molecular formula is C23H30N2O5S. The molecule has 2 N–H and O–H groups in total. The molecule has 0 bridgehead atoms. The van der Waals surface area contributed by atoms with Crippen molar-refractivity contribution in [1.82, 2.24) is 10.0 Å². The molecule has 168 valence electrons. The highest BCUT2D eigenvalue weighted by Gasteiger charge is 2.26. The van der Waals surface area contributed by atoms with Gasteiger partial charge in [0.15, 0.2) is 0 Å². The van der Waals surface area contributed by atoms with Crippen LogP contribution in [0.4, 0.5) is 0 Å². The van der Waals surface area contributed by atoms with Crippen LogP contribution < -0.4 is 19.5 Å². The second kappa shape index (κ2) is 10.2. The monoisotopic (exact) mass is 446 g/mol. The van der Waals surface area contributed by atoms with Gasteiger partial charge in [-0.1, -0.05) is 31.4 Å². The first-order chi connectivity index (χ1) is 14.8. The van der Waals surface area contributed by atoms with E-state index >= 15 is 0 Å². The normalized spacial score (nSPS) is 15.8. The van der Waals surface area contributed by atoms with E-state index in [1.54, 1.807) is 13.2 Å². The molecule has 31 heavy (non-hydrogen) atoms. The maximum Gasteiger partial charge on any atom is 0.251 e. The fraction of sp³-hybridized carbons (Fsp3) is 0.435. The van der Waals surface area contributed by atoms with E-state index in [9.17, 15) is 13.2 Å². The van der Waals surface area contributed by atoms with E-state index in [2.05, 4.69) is 10.0 Å². The summed E-state index contributed by atoms with van der Waals surface area (Å²) in [6, 6.07) is 11.5. The molecule has 1 atom stereocenters. The number of nitrogens with one attached hydrogen (secondary N) is 2. The smallest absolute Gasteiger partial charge is 0.251 e. The summed E-state index contributed by atoms with van der Waals surface area (Å²) in [6.07, 6.45) is 4.79. The average Bonchev–Trinajstić information content (AvgIpc) is 2.79. The standard InChI is InChI=1S/C23H30N2O5S/c1-16(17-9-12-20(29-2)13-10-17)24-23(26)18-11-14-21(30-3)22(15-18)31(27,28)25-19-7-5-4-6-8-19/h9-16,19,25H,4-8H2,1-3H3,(H,24,26). The molecule has 1 fully saturated rings. The Balaban J connectivity index is 1.78. The Morgan fingerprint density at radius 3 is 2.29 bits per heavy atom. The minimum Gasteiger partial charge on any atom is -0.497 e. The highest BCUT2D eigenvalue weighted by Crippen LogP contribution is 2.27. The summed E-state index contributed by atoms with van der Waals surface area (Å²) in [7, 11) is -0.803. The van der Waals surface area contributed by atoms with Crippen LogP contribution in [0.25, 0.3) is 0 Å². The van der Waals surface area contributed by atoms with Crippen molar-refractivity contribution in [2.45, 2.75) is 56.0 Å². The van der Waals surface area contributed by atoms with Crippen molar-refractivity contribution >= 4 is 15.9 Å². The fourth-order valence-corrected chi connectivity index (χ4v) is 5.29. The highest BCUT2D eigenvalue weighted by atomic mass is 32.2. The Labute approximate surface area is 184 Å². The van der Waals surface area contributed by atoms with E-state index < -0.39 is 10.0 Å². The lowest BCUT2D eigenvalue weighted by Crippen LogP contribution is -2.36. The zero-order valence-electron chi connectivity index (χ0n) is 18.2. The largest absolute Gasteiger partial charge is 0.497 e. The number of benzene rings is 2. The van der Waals surface area contributed by atoms with Gasteiger partial charge >= 0.3 is 0 Å². The molecule has 0 aromatic heterocycles. The second-order valence-electron chi connectivity index (χ2n) is 7.79. The first kappa shape index (κ1) is 23.1. The molecule has 0 aliphatic heterocycles. The molecule has 0 spiro atoms. The predicted molar refractivity (Wildman–Crippen MR) is 119 cm³/mol. The van der Waals surface area contributed by atoms with Crippen LogP contribution in [-0.2, 0) is 10.0 Å². The topological polar surface area (TPSA) is 93.7 Å². The molecule has 1 aliphatic rings. The molecular weight excluding hydrogens is 416 g/mol. The predicted octanol–water partition coefficient (Wildman–Crippen LogP) is 3.81. The summed E-state index contributed by atoms with van der Waals surface area (Å²) in [5, 5.41) is 2.91. The molecule has 2 aromatic rings. The van der Waals surface area contributed by atoms with Crippen molar-refractivity contribution in [3.05, 3.63) is 53.6 Å². The van der Waals surface area contributed by atoms with Crippen LogP contribution in [0.2, 0.25) is 0 Å². The number of amides is 1. The van der Waals surface area contributed by atoms with E-state index in [-0.39, 0.29) is 34.2 Å². The SMILES string of the molecule is COc1ccc(C(C)NC(=O)c2ccc(OC)c(S(=O)(=O)NC3CCCCC3)c2)cc1. The van der Waals surface area contributed by atoms with E-state index in [0.717, 1.165) is 43.4 Å². The van der Waals surface area contributed by atoms with E-state index in [0.29, 0.717) is 0 Å². The van der Waals surface area contributed by atoms with Crippen LogP contribution in [0.15, 0.2) is 47.4 Å². The number of hydrogen-bond acceptors (Lipinski definition) is 5. The van der Waals surface area contributed by atoms with Gasteiger partial charge in [0.2, 0.25) is 10.0 Å². The molecule has 1 aliphatic carbocycles. The van der Waals surface area contributed by atoms with Gasteiger partial charge in [-0.05, 0) is 55.7 Å². The Kier molecular flexibility index (Phi) is 7.56. The van der Waals surface area contributed by atoms with Gasteiger partial charge in [0.05, 0.1) is 20.3 Å². The lowest BCUT2D eigenvalue weighted by Gasteiger charge is -2.23. The minimum absolute atomic E-state index is 0.0228. The second-order valence-corrected chi connectivity index (χ2v) is 9.47. The van der Waals surface area contributed by atoms with Gasteiger partial charge in [-0.25, -0.2) is 13.1 Å². The minimum atomic E-state index is -3.82. The maximum absolute atomic E-state index is 13.0. The van der Waals surface area contributed by atoms with Crippen molar-refractivity contribution in [1.29, 1.82) is 0 Å². The maximum atomic E-state index is 13.0. The van der Waals surface area contributed by atoms with Gasteiger partial charge < -0.3 is 14.8 Å². The lowest BCUT2D eigenvalue weighted by atomic mass is 9.96. The molecule has 0 saturated heterocycles. The molecule has 2 aromatic carbocycles. The van der Waals surface area contributed by atoms with Crippen LogP contribution >= 0.6 is 0 Å². The summed E-state index contributed by atoms with van der Waals surface area (Å²) >= 11 is 0.